The number of halogens is 1. The molecule has 1 heterocycles. The van der Waals surface area contributed by atoms with Gasteiger partial charge in [0.15, 0.2) is 9.84 Å². The molecule has 0 aliphatic carbocycles. The van der Waals surface area contributed by atoms with Crippen LogP contribution in [-0.2, 0) is 9.84 Å². The van der Waals surface area contributed by atoms with Crippen molar-refractivity contribution in [2.24, 2.45) is 0 Å². The lowest BCUT2D eigenvalue weighted by Crippen LogP contribution is -1.99. The highest BCUT2D eigenvalue weighted by molar-refractivity contribution is 7.90. The third kappa shape index (κ3) is 3.17. The molecule has 118 valence electrons. The Hall–Kier alpha value is -2.47. The fourth-order valence-electron chi connectivity index (χ4n) is 2.35. The lowest BCUT2D eigenvalue weighted by atomic mass is 10.2. The Bertz CT molecular complexity index is 943. The zero-order chi connectivity index (χ0) is 16.6. The van der Waals surface area contributed by atoms with Crippen LogP contribution >= 0.6 is 0 Å². The van der Waals surface area contributed by atoms with E-state index in [9.17, 15) is 12.8 Å². The van der Waals surface area contributed by atoms with Gasteiger partial charge in [0.25, 0.3) is 0 Å². The lowest BCUT2D eigenvalue weighted by molar-refractivity contribution is 0.602. The quantitative estimate of drug-likeness (QED) is 0.740. The number of sulfone groups is 1. The topological polar surface area (TPSA) is 52.0 Å². The maximum Gasteiger partial charge on any atom is 0.175 e. The summed E-state index contributed by atoms with van der Waals surface area (Å²) in [6.07, 6.45) is 3.03. The predicted octanol–water partition coefficient (Wildman–Crippen LogP) is 3.39. The first-order valence-corrected chi connectivity index (χ1v) is 8.86. The second kappa shape index (κ2) is 5.62. The lowest BCUT2D eigenvalue weighted by Gasteiger charge is -2.08. The number of aromatic nitrogens is 2. The van der Waals surface area contributed by atoms with E-state index < -0.39 is 9.84 Å². The van der Waals surface area contributed by atoms with Gasteiger partial charge in [-0.25, -0.2) is 17.8 Å². The molecule has 2 aromatic carbocycles. The maximum atomic E-state index is 13.1. The predicted molar refractivity (Wildman–Crippen MR) is 86.8 cm³/mol. The van der Waals surface area contributed by atoms with Gasteiger partial charge in [0.05, 0.1) is 10.6 Å². The fourth-order valence-corrected chi connectivity index (χ4v) is 2.98. The molecule has 3 aromatic rings. The van der Waals surface area contributed by atoms with Crippen molar-refractivity contribution >= 4 is 9.84 Å². The first kappa shape index (κ1) is 15.4. The highest BCUT2D eigenvalue weighted by atomic mass is 32.2. The number of hydrogen-bond donors (Lipinski definition) is 0. The zero-order valence-corrected chi connectivity index (χ0v) is 13.5. The van der Waals surface area contributed by atoms with Crippen LogP contribution in [0.15, 0.2) is 59.6 Å². The second-order valence-corrected chi connectivity index (χ2v) is 7.36. The summed E-state index contributed by atoms with van der Waals surface area (Å²) in [6.45, 7) is 1.87. The Morgan fingerprint density at radius 2 is 1.61 bits per heavy atom. The van der Waals surface area contributed by atoms with Crippen LogP contribution in [0.2, 0.25) is 0 Å². The third-order valence-electron chi connectivity index (χ3n) is 3.47. The van der Waals surface area contributed by atoms with Gasteiger partial charge in [0, 0.05) is 23.7 Å². The molecular weight excluding hydrogens is 315 g/mol. The second-order valence-electron chi connectivity index (χ2n) is 5.35. The molecule has 0 N–H and O–H groups in total. The van der Waals surface area contributed by atoms with Crippen molar-refractivity contribution in [2.45, 2.75) is 11.8 Å². The molecule has 0 saturated carbocycles. The van der Waals surface area contributed by atoms with Crippen LogP contribution in [0, 0.1) is 12.7 Å². The van der Waals surface area contributed by atoms with E-state index in [0.717, 1.165) is 16.9 Å². The van der Waals surface area contributed by atoms with Crippen LogP contribution in [0.4, 0.5) is 4.39 Å². The Morgan fingerprint density at radius 3 is 2.17 bits per heavy atom. The molecule has 0 bridgehead atoms. The molecular formula is C17H15FN2O2S. The average molecular weight is 330 g/mol. The summed E-state index contributed by atoms with van der Waals surface area (Å²) < 4.78 is 38.1. The molecule has 4 nitrogen and oxygen atoms in total. The van der Waals surface area contributed by atoms with Crippen molar-refractivity contribution in [1.29, 1.82) is 0 Å². The van der Waals surface area contributed by atoms with E-state index in [1.807, 2.05) is 17.7 Å². The molecule has 0 aliphatic heterocycles. The van der Waals surface area contributed by atoms with Crippen LogP contribution < -0.4 is 0 Å². The van der Waals surface area contributed by atoms with Crippen molar-refractivity contribution in [2.75, 3.05) is 6.26 Å². The highest BCUT2D eigenvalue weighted by Gasteiger charge is 2.12. The maximum absolute atomic E-state index is 13.1. The molecule has 0 atom stereocenters. The minimum absolute atomic E-state index is 0.265. The molecule has 0 aliphatic rings. The molecule has 23 heavy (non-hydrogen) atoms. The van der Waals surface area contributed by atoms with Crippen molar-refractivity contribution in [3.63, 3.8) is 0 Å². The SMILES string of the molecule is Cc1cn(-c2ccc(S(C)(=O)=O)cc2)c(-c2ccc(F)cc2)n1. The van der Waals surface area contributed by atoms with E-state index in [1.165, 1.54) is 18.4 Å². The molecule has 0 saturated heterocycles. The summed E-state index contributed by atoms with van der Waals surface area (Å²) in [5, 5.41) is 0. The van der Waals surface area contributed by atoms with E-state index in [4.69, 9.17) is 0 Å². The first-order valence-electron chi connectivity index (χ1n) is 6.97. The molecule has 0 unspecified atom stereocenters. The summed E-state index contributed by atoms with van der Waals surface area (Å²) in [7, 11) is -3.23. The summed E-state index contributed by atoms with van der Waals surface area (Å²) in [5.74, 6) is 0.371. The van der Waals surface area contributed by atoms with Gasteiger partial charge in [-0.15, -0.1) is 0 Å². The Morgan fingerprint density at radius 1 is 1.00 bits per heavy atom. The molecule has 0 amide bonds. The number of nitrogens with zero attached hydrogens (tertiary/aromatic N) is 2. The van der Waals surface area contributed by atoms with Gasteiger partial charge in [0.2, 0.25) is 0 Å². The van der Waals surface area contributed by atoms with Crippen LogP contribution in [0.3, 0.4) is 0 Å². The molecule has 0 spiro atoms. The van der Waals surface area contributed by atoms with E-state index in [2.05, 4.69) is 4.98 Å². The summed E-state index contributed by atoms with van der Waals surface area (Å²) in [6, 6.07) is 12.7. The Kier molecular flexibility index (Phi) is 3.77. The van der Waals surface area contributed by atoms with Gasteiger partial charge in [-0.1, -0.05) is 0 Å². The number of benzene rings is 2. The van der Waals surface area contributed by atoms with Crippen molar-refractivity contribution in [3.8, 4) is 17.1 Å². The summed E-state index contributed by atoms with van der Waals surface area (Å²) >= 11 is 0. The van der Waals surface area contributed by atoms with Gasteiger partial charge in [-0.2, -0.15) is 0 Å². The Balaban J connectivity index is 2.09. The van der Waals surface area contributed by atoms with Crippen LogP contribution in [0.25, 0.3) is 17.1 Å². The van der Waals surface area contributed by atoms with Crippen LogP contribution in [0.5, 0.6) is 0 Å². The van der Waals surface area contributed by atoms with Gasteiger partial charge >= 0.3 is 0 Å². The van der Waals surface area contributed by atoms with Gasteiger partial charge in [-0.05, 0) is 55.5 Å². The fraction of sp³-hybridized carbons (Fsp3) is 0.118. The Labute approximate surface area is 134 Å². The summed E-state index contributed by atoms with van der Waals surface area (Å²) in [4.78, 5) is 4.75. The molecule has 3 rings (SSSR count). The zero-order valence-electron chi connectivity index (χ0n) is 12.7. The minimum Gasteiger partial charge on any atom is -0.300 e. The molecule has 6 heteroatoms. The third-order valence-corrected chi connectivity index (χ3v) is 4.60. The smallest absolute Gasteiger partial charge is 0.175 e. The van der Waals surface area contributed by atoms with E-state index in [0.29, 0.717) is 5.82 Å². The van der Waals surface area contributed by atoms with Crippen molar-refractivity contribution in [3.05, 3.63) is 66.2 Å². The number of hydrogen-bond acceptors (Lipinski definition) is 3. The molecule has 0 radical (unpaired) electrons. The van der Waals surface area contributed by atoms with E-state index in [1.54, 1.807) is 36.4 Å². The number of rotatable bonds is 3. The van der Waals surface area contributed by atoms with Gasteiger partial charge in [0.1, 0.15) is 11.6 Å². The monoisotopic (exact) mass is 330 g/mol. The number of aryl methyl sites for hydroxylation is 1. The standard InChI is InChI=1S/C17H15FN2O2S/c1-12-11-20(15-7-9-16(10-8-15)23(2,21)22)17(19-12)13-3-5-14(18)6-4-13/h3-11H,1-2H3. The highest BCUT2D eigenvalue weighted by Crippen LogP contribution is 2.24. The van der Waals surface area contributed by atoms with Crippen molar-refractivity contribution < 1.29 is 12.8 Å². The minimum atomic E-state index is -3.23. The molecule has 0 fully saturated rings. The average Bonchev–Trinajstić information content (AvgIpc) is 2.89. The van der Waals surface area contributed by atoms with Crippen LogP contribution in [-0.4, -0.2) is 24.2 Å². The van der Waals surface area contributed by atoms with Gasteiger partial charge in [-0.3, -0.25) is 4.57 Å². The van der Waals surface area contributed by atoms with Gasteiger partial charge < -0.3 is 0 Å². The van der Waals surface area contributed by atoms with E-state index >= 15 is 0 Å². The first-order chi connectivity index (χ1) is 10.8. The van der Waals surface area contributed by atoms with E-state index in [-0.39, 0.29) is 10.7 Å². The normalized spacial score (nSPS) is 11.6. The largest absolute Gasteiger partial charge is 0.300 e. The van der Waals surface area contributed by atoms with Crippen molar-refractivity contribution in [1.82, 2.24) is 9.55 Å². The molecule has 1 aromatic heterocycles. The number of imidazole rings is 1. The van der Waals surface area contributed by atoms with Crippen LogP contribution in [0.1, 0.15) is 5.69 Å². The summed E-state index contributed by atoms with van der Waals surface area (Å²) in [5.41, 5.74) is 2.39.